The largest absolute Gasteiger partial charge is 0.473 e. The first-order valence-corrected chi connectivity index (χ1v) is 16.0. The summed E-state index contributed by atoms with van der Waals surface area (Å²) in [5, 5.41) is 0. The minimum Gasteiger partial charge on any atom is -0.473 e. The number of ketones is 1. The Balaban J connectivity index is 1.05. The van der Waals surface area contributed by atoms with Crippen LogP contribution in [0, 0.1) is 0 Å². The van der Waals surface area contributed by atoms with Gasteiger partial charge in [-0.3, -0.25) is 14.6 Å². The fourth-order valence-corrected chi connectivity index (χ4v) is 7.41. The number of hydrogen-bond donors (Lipinski definition) is 0. The summed E-state index contributed by atoms with van der Waals surface area (Å²) < 4.78 is 12.8. The van der Waals surface area contributed by atoms with Crippen LogP contribution < -0.4 is 9.47 Å². The Bertz CT molecular complexity index is 994. The van der Waals surface area contributed by atoms with Crippen molar-refractivity contribution in [3.8, 4) is 11.8 Å². The van der Waals surface area contributed by atoms with E-state index in [-0.39, 0.29) is 18.0 Å². The highest BCUT2D eigenvalue weighted by atomic mass is 16.5. The molecule has 7 heteroatoms. The first-order chi connectivity index (χ1) is 19.7. The summed E-state index contributed by atoms with van der Waals surface area (Å²) in [5.74, 6) is 1.15. The molecule has 0 spiro atoms. The van der Waals surface area contributed by atoms with E-state index in [9.17, 15) is 4.79 Å². The fraction of sp³-hybridized carbons (Fsp3) is 0.667. The van der Waals surface area contributed by atoms with Crippen molar-refractivity contribution in [2.45, 2.75) is 114 Å². The lowest BCUT2D eigenvalue weighted by atomic mass is 9.90. The molecule has 0 bridgehead atoms. The summed E-state index contributed by atoms with van der Waals surface area (Å²) in [5.41, 5.74) is 1.10. The summed E-state index contributed by atoms with van der Waals surface area (Å²) in [4.78, 5) is 27.5. The zero-order valence-electron chi connectivity index (χ0n) is 24.0. The standard InChI is InChI=1S/C33H46N4O3/c38-33(25-15-17-31(34-23-25)39-29-13-5-3-11-27(29)36-19-7-1-8-20-36)26-16-18-32(35-24-26)40-30-14-6-4-12-28(30)37-21-9-2-10-22-37/h15-18,23-24,27-30H,1-14,19-22H2/t27-,28-,29-,30-/m1/s1. The first kappa shape index (κ1) is 27.6. The maximum atomic E-state index is 13.2. The number of nitrogens with zero attached hydrogens (tertiary/aromatic N) is 4. The molecule has 4 fully saturated rings. The second-order valence-corrected chi connectivity index (χ2v) is 12.3. The average molecular weight is 547 g/mol. The highest BCUT2D eigenvalue weighted by molar-refractivity contribution is 6.08. The van der Waals surface area contributed by atoms with Gasteiger partial charge in [0, 0.05) is 47.7 Å². The van der Waals surface area contributed by atoms with Crippen LogP contribution in [0.5, 0.6) is 11.8 Å². The van der Waals surface area contributed by atoms with Gasteiger partial charge in [-0.25, -0.2) is 9.97 Å². The minimum absolute atomic E-state index is 0.0779. The van der Waals surface area contributed by atoms with Gasteiger partial charge in [0.1, 0.15) is 12.2 Å². The second kappa shape index (κ2) is 13.4. The fourth-order valence-electron chi connectivity index (χ4n) is 7.41. The van der Waals surface area contributed by atoms with Crippen molar-refractivity contribution < 1.29 is 14.3 Å². The van der Waals surface area contributed by atoms with E-state index in [0.717, 1.165) is 12.8 Å². The number of carbonyl (C=O) groups excluding carboxylic acids is 1. The Morgan fingerprint density at radius 2 is 1.00 bits per heavy atom. The molecule has 2 aliphatic carbocycles. The van der Waals surface area contributed by atoms with Crippen molar-refractivity contribution in [1.82, 2.24) is 19.8 Å². The van der Waals surface area contributed by atoms with Gasteiger partial charge >= 0.3 is 0 Å². The van der Waals surface area contributed by atoms with Crippen LogP contribution in [0.4, 0.5) is 0 Å². The van der Waals surface area contributed by atoms with Gasteiger partial charge in [0.15, 0.2) is 5.78 Å². The molecule has 2 aliphatic heterocycles. The molecular weight excluding hydrogens is 500 g/mol. The molecule has 2 aromatic heterocycles. The molecule has 4 heterocycles. The summed E-state index contributed by atoms with van der Waals surface area (Å²) in [6.07, 6.45) is 21.0. The first-order valence-electron chi connectivity index (χ1n) is 16.0. The molecule has 0 radical (unpaired) electrons. The molecule has 216 valence electrons. The van der Waals surface area contributed by atoms with Gasteiger partial charge in [-0.15, -0.1) is 0 Å². The van der Waals surface area contributed by atoms with Crippen LogP contribution in [0.25, 0.3) is 0 Å². The summed E-state index contributed by atoms with van der Waals surface area (Å²) in [6.45, 7) is 4.73. The summed E-state index contributed by atoms with van der Waals surface area (Å²) in [7, 11) is 0. The van der Waals surface area contributed by atoms with E-state index in [0.29, 0.717) is 35.0 Å². The third-order valence-electron chi connectivity index (χ3n) is 9.60. The average Bonchev–Trinajstić information content (AvgIpc) is 3.03. The van der Waals surface area contributed by atoms with Gasteiger partial charge in [-0.2, -0.15) is 0 Å². The molecule has 4 aliphatic rings. The second-order valence-electron chi connectivity index (χ2n) is 12.3. The highest BCUT2D eigenvalue weighted by Crippen LogP contribution is 2.30. The number of carbonyl (C=O) groups is 1. The Kier molecular flexibility index (Phi) is 9.29. The van der Waals surface area contributed by atoms with E-state index in [4.69, 9.17) is 9.47 Å². The van der Waals surface area contributed by atoms with Crippen LogP contribution in [0.3, 0.4) is 0 Å². The van der Waals surface area contributed by atoms with Crippen LogP contribution in [0.2, 0.25) is 0 Å². The molecule has 6 rings (SSSR count). The molecule has 40 heavy (non-hydrogen) atoms. The monoisotopic (exact) mass is 546 g/mol. The molecule has 0 N–H and O–H groups in total. The van der Waals surface area contributed by atoms with Gasteiger partial charge in [-0.1, -0.05) is 25.7 Å². The molecular formula is C33H46N4O3. The number of piperidine rings is 2. The van der Waals surface area contributed by atoms with Gasteiger partial charge < -0.3 is 9.47 Å². The van der Waals surface area contributed by atoms with Crippen molar-refractivity contribution in [3.05, 3.63) is 47.8 Å². The van der Waals surface area contributed by atoms with Gasteiger partial charge in [0.2, 0.25) is 11.8 Å². The van der Waals surface area contributed by atoms with E-state index in [1.807, 2.05) is 24.3 Å². The zero-order valence-corrected chi connectivity index (χ0v) is 24.0. The molecule has 2 saturated carbocycles. The van der Waals surface area contributed by atoms with Crippen LogP contribution >= 0.6 is 0 Å². The Hall–Kier alpha value is -2.51. The summed E-state index contributed by atoms with van der Waals surface area (Å²) >= 11 is 0. The van der Waals surface area contributed by atoms with Crippen LogP contribution in [0.15, 0.2) is 36.7 Å². The van der Waals surface area contributed by atoms with Crippen molar-refractivity contribution in [3.63, 3.8) is 0 Å². The molecule has 0 aromatic carbocycles. The quantitative estimate of drug-likeness (QED) is 0.373. The smallest absolute Gasteiger partial charge is 0.213 e. The number of hydrogen-bond acceptors (Lipinski definition) is 7. The number of ether oxygens (including phenoxy) is 2. The van der Waals surface area contributed by atoms with E-state index in [1.54, 1.807) is 12.4 Å². The van der Waals surface area contributed by atoms with Crippen molar-refractivity contribution >= 4 is 5.78 Å². The lowest BCUT2D eigenvalue weighted by Crippen LogP contribution is -2.49. The predicted octanol–water partition coefficient (Wildman–Crippen LogP) is 6.06. The van der Waals surface area contributed by atoms with Gasteiger partial charge in [-0.05, 0) is 103 Å². The number of pyridine rings is 2. The molecule has 0 amide bonds. The maximum Gasteiger partial charge on any atom is 0.213 e. The third-order valence-corrected chi connectivity index (χ3v) is 9.60. The van der Waals surface area contributed by atoms with Crippen LogP contribution in [0.1, 0.15) is 106 Å². The van der Waals surface area contributed by atoms with Gasteiger partial charge in [0.05, 0.1) is 0 Å². The Morgan fingerprint density at radius 1 is 0.575 bits per heavy atom. The molecule has 7 nitrogen and oxygen atoms in total. The number of likely N-dealkylation sites (tertiary alicyclic amines) is 2. The lowest BCUT2D eigenvalue weighted by molar-refractivity contribution is 0.0237. The molecule has 4 atom stereocenters. The molecule has 2 aromatic rings. The van der Waals surface area contributed by atoms with Crippen molar-refractivity contribution in [1.29, 1.82) is 0 Å². The number of rotatable bonds is 8. The topological polar surface area (TPSA) is 67.8 Å². The van der Waals surface area contributed by atoms with Crippen molar-refractivity contribution in [2.24, 2.45) is 0 Å². The van der Waals surface area contributed by atoms with Gasteiger partial charge in [0.25, 0.3) is 0 Å². The van der Waals surface area contributed by atoms with Crippen LogP contribution in [-0.2, 0) is 0 Å². The van der Waals surface area contributed by atoms with E-state index in [1.165, 1.54) is 103 Å². The van der Waals surface area contributed by atoms with E-state index < -0.39 is 0 Å². The normalized spacial score (nSPS) is 28.6. The van der Waals surface area contributed by atoms with E-state index >= 15 is 0 Å². The van der Waals surface area contributed by atoms with Crippen molar-refractivity contribution in [2.75, 3.05) is 26.2 Å². The Labute approximate surface area is 239 Å². The number of aromatic nitrogens is 2. The zero-order chi connectivity index (χ0) is 27.1. The highest BCUT2D eigenvalue weighted by Gasteiger charge is 2.34. The summed E-state index contributed by atoms with van der Waals surface area (Å²) in [6, 6.07) is 8.33. The maximum absolute atomic E-state index is 13.2. The minimum atomic E-state index is -0.0779. The third kappa shape index (κ3) is 6.68. The van der Waals surface area contributed by atoms with E-state index in [2.05, 4.69) is 19.8 Å². The molecule has 0 unspecified atom stereocenters. The Morgan fingerprint density at radius 3 is 1.40 bits per heavy atom. The molecule has 2 saturated heterocycles. The predicted molar refractivity (Wildman–Crippen MR) is 156 cm³/mol. The SMILES string of the molecule is O=C(c1ccc(O[C@@H]2CCCC[C@H]2N2CCCCC2)nc1)c1ccc(O[C@@H]2CCCC[C@H]2N2CCCCC2)nc1. The van der Waals surface area contributed by atoms with Crippen LogP contribution in [-0.4, -0.2) is 76.0 Å². The lowest BCUT2D eigenvalue weighted by Gasteiger charge is -2.41.